The van der Waals surface area contributed by atoms with Crippen LogP contribution in [0.2, 0.25) is 5.02 Å². The van der Waals surface area contributed by atoms with Gasteiger partial charge in [0.05, 0.1) is 10.7 Å². The van der Waals surface area contributed by atoms with Gasteiger partial charge in [-0.05, 0) is 19.1 Å². The summed E-state index contributed by atoms with van der Waals surface area (Å²) >= 11 is 6.15. The Bertz CT molecular complexity index is 692. The van der Waals surface area contributed by atoms with E-state index in [2.05, 4.69) is 10.3 Å². The molecule has 1 aromatic heterocycles. The van der Waals surface area contributed by atoms with Gasteiger partial charge in [0.1, 0.15) is 11.5 Å². The van der Waals surface area contributed by atoms with Gasteiger partial charge >= 0.3 is 0 Å². The molecule has 7 heteroatoms. The lowest BCUT2D eigenvalue weighted by Gasteiger charge is -2.07. The van der Waals surface area contributed by atoms with E-state index in [9.17, 15) is 4.79 Å². The number of aryl methyl sites for hydroxylation is 1. The molecule has 0 aliphatic rings. The van der Waals surface area contributed by atoms with Crippen molar-refractivity contribution in [1.29, 1.82) is 5.41 Å². The third kappa shape index (κ3) is 2.50. The van der Waals surface area contributed by atoms with E-state index in [1.54, 1.807) is 24.6 Å². The third-order valence-electron chi connectivity index (χ3n) is 2.85. The molecule has 1 aromatic carbocycles. The summed E-state index contributed by atoms with van der Waals surface area (Å²) in [5.74, 6) is -0.292. The molecule has 0 aliphatic heterocycles. The number of imidazole rings is 1. The fourth-order valence-corrected chi connectivity index (χ4v) is 2.24. The number of carbonyl (C=O) groups is 1. The first-order chi connectivity index (χ1) is 9.41. The van der Waals surface area contributed by atoms with Crippen molar-refractivity contribution in [2.45, 2.75) is 6.92 Å². The van der Waals surface area contributed by atoms with Crippen LogP contribution in [-0.4, -0.2) is 21.4 Å². The molecular weight excluding hydrogens is 278 g/mol. The second-order valence-corrected chi connectivity index (χ2v) is 4.68. The van der Waals surface area contributed by atoms with Gasteiger partial charge in [-0.15, -0.1) is 0 Å². The fraction of sp³-hybridized carbons (Fsp3) is 0.154. The van der Waals surface area contributed by atoms with Crippen molar-refractivity contribution in [3.63, 3.8) is 0 Å². The molecule has 1 heterocycles. The second-order valence-electron chi connectivity index (χ2n) is 4.28. The number of benzene rings is 1. The van der Waals surface area contributed by atoms with Gasteiger partial charge in [0.2, 0.25) is 0 Å². The third-order valence-corrected chi connectivity index (χ3v) is 3.18. The number of halogens is 1. The molecule has 0 saturated carbocycles. The molecule has 104 valence electrons. The summed E-state index contributed by atoms with van der Waals surface area (Å²) in [5, 5.41) is 9.92. The van der Waals surface area contributed by atoms with Crippen LogP contribution in [0.15, 0.2) is 24.3 Å². The van der Waals surface area contributed by atoms with Gasteiger partial charge in [-0.25, -0.2) is 4.98 Å². The van der Waals surface area contributed by atoms with E-state index in [0.29, 0.717) is 22.2 Å². The topological polar surface area (TPSA) is 96.8 Å². The zero-order chi connectivity index (χ0) is 14.9. The van der Waals surface area contributed by atoms with Crippen molar-refractivity contribution in [2.75, 3.05) is 0 Å². The molecular formula is C13H14ClN5O. The van der Waals surface area contributed by atoms with Crippen molar-refractivity contribution in [1.82, 2.24) is 14.9 Å². The van der Waals surface area contributed by atoms with Gasteiger partial charge in [-0.2, -0.15) is 0 Å². The van der Waals surface area contributed by atoms with Crippen LogP contribution in [0.25, 0.3) is 11.4 Å². The van der Waals surface area contributed by atoms with Gasteiger partial charge in [-0.3, -0.25) is 15.5 Å². The summed E-state index contributed by atoms with van der Waals surface area (Å²) in [4.78, 5) is 16.4. The van der Waals surface area contributed by atoms with E-state index in [4.69, 9.17) is 22.7 Å². The van der Waals surface area contributed by atoms with Crippen LogP contribution >= 0.6 is 11.6 Å². The maximum absolute atomic E-state index is 12.0. The zero-order valence-corrected chi connectivity index (χ0v) is 11.8. The standard InChI is InChI=1S/C13H14ClN5O/c1-7-10(12(20)18-13(15)16)19(2)11(17-7)8-5-3-4-6-9(8)14/h3-6H,1-2H3,(H4,15,16,18,20). The van der Waals surface area contributed by atoms with E-state index in [-0.39, 0.29) is 0 Å². The largest absolute Gasteiger partial charge is 0.370 e. The van der Waals surface area contributed by atoms with Crippen LogP contribution in [0.3, 0.4) is 0 Å². The molecule has 2 rings (SSSR count). The van der Waals surface area contributed by atoms with Gasteiger partial charge in [0.15, 0.2) is 5.96 Å². The lowest BCUT2D eigenvalue weighted by Crippen LogP contribution is -2.37. The molecule has 4 N–H and O–H groups in total. The summed E-state index contributed by atoms with van der Waals surface area (Å²) in [6, 6.07) is 7.26. The molecule has 6 nitrogen and oxygen atoms in total. The fourth-order valence-electron chi connectivity index (χ4n) is 2.02. The Balaban J connectivity index is 2.52. The smallest absolute Gasteiger partial charge is 0.276 e. The van der Waals surface area contributed by atoms with Crippen LogP contribution in [-0.2, 0) is 7.05 Å². The lowest BCUT2D eigenvalue weighted by molar-refractivity contribution is 0.0968. The predicted molar refractivity (Wildman–Crippen MR) is 77.8 cm³/mol. The van der Waals surface area contributed by atoms with Crippen LogP contribution in [0, 0.1) is 12.3 Å². The number of nitrogens with two attached hydrogens (primary N) is 1. The number of hydrogen-bond acceptors (Lipinski definition) is 3. The number of hydrogen-bond donors (Lipinski definition) is 3. The molecule has 1 amide bonds. The van der Waals surface area contributed by atoms with E-state index in [1.165, 1.54) is 0 Å². The number of carbonyl (C=O) groups excluding carboxylic acids is 1. The van der Waals surface area contributed by atoms with E-state index in [1.807, 2.05) is 18.2 Å². The van der Waals surface area contributed by atoms with Crippen LogP contribution in [0.1, 0.15) is 16.2 Å². The molecule has 0 bridgehead atoms. The van der Waals surface area contributed by atoms with Crippen molar-refractivity contribution in [3.8, 4) is 11.4 Å². The SMILES string of the molecule is Cc1nc(-c2ccccc2Cl)n(C)c1C(=O)NC(=N)N. The lowest BCUT2D eigenvalue weighted by atomic mass is 10.2. The van der Waals surface area contributed by atoms with Crippen LogP contribution < -0.4 is 11.1 Å². The highest BCUT2D eigenvalue weighted by Crippen LogP contribution is 2.27. The normalized spacial score (nSPS) is 10.3. The summed E-state index contributed by atoms with van der Waals surface area (Å²) in [6.45, 7) is 1.72. The molecule has 2 aromatic rings. The van der Waals surface area contributed by atoms with Crippen molar-refractivity contribution in [3.05, 3.63) is 40.7 Å². The number of rotatable bonds is 2. The highest BCUT2D eigenvalue weighted by molar-refractivity contribution is 6.33. The average Bonchev–Trinajstić information content (AvgIpc) is 2.64. The Morgan fingerprint density at radius 2 is 2.10 bits per heavy atom. The first-order valence-electron chi connectivity index (χ1n) is 5.85. The highest BCUT2D eigenvalue weighted by atomic mass is 35.5. The van der Waals surface area contributed by atoms with Crippen molar-refractivity contribution < 1.29 is 4.79 Å². The molecule has 0 unspecified atom stereocenters. The summed E-state index contributed by atoms with van der Waals surface area (Å²) < 4.78 is 1.63. The first kappa shape index (κ1) is 14.1. The number of aromatic nitrogens is 2. The average molecular weight is 292 g/mol. The Hall–Kier alpha value is -2.34. The molecule has 0 spiro atoms. The molecule has 0 radical (unpaired) electrons. The molecule has 0 atom stereocenters. The summed E-state index contributed by atoms with van der Waals surface area (Å²) in [6.07, 6.45) is 0. The van der Waals surface area contributed by atoms with Gasteiger partial charge < -0.3 is 10.3 Å². The van der Waals surface area contributed by atoms with Gasteiger partial charge in [0, 0.05) is 12.6 Å². The predicted octanol–water partition coefficient (Wildman–Crippen LogP) is 1.67. The Morgan fingerprint density at radius 1 is 1.45 bits per heavy atom. The first-order valence-corrected chi connectivity index (χ1v) is 6.23. The van der Waals surface area contributed by atoms with Gasteiger partial charge in [0.25, 0.3) is 5.91 Å². The number of nitrogens with one attached hydrogen (secondary N) is 2. The number of nitrogens with zero attached hydrogens (tertiary/aromatic N) is 2. The van der Waals surface area contributed by atoms with E-state index >= 15 is 0 Å². The van der Waals surface area contributed by atoms with Gasteiger partial charge in [-0.1, -0.05) is 23.7 Å². The monoisotopic (exact) mass is 291 g/mol. The van der Waals surface area contributed by atoms with E-state index in [0.717, 1.165) is 5.56 Å². The summed E-state index contributed by atoms with van der Waals surface area (Å²) in [5.41, 5.74) is 6.80. The second kappa shape index (κ2) is 5.34. The summed E-state index contributed by atoms with van der Waals surface area (Å²) in [7, 11) is 1.72. The Morgan fingerprint density at radius 3 is 2.70 bits per heavy atom. The van der Waals surface area contributed by atoms with Crippen LogP contribution in [0.5, 0.6) is 0 Å². The quantitative estimate of drug-likeness (QED) is 0.580. The Labute approximate surface area is 121 Å². The minimum atomic E-state index is -0.469. The number of guanidine groups is 1. The maximum Gasteiger partial charge on any atom is 0.276 e. The Kier molecular flexibility index (Phi) is 3.76. The maximum atomic E-state index is 12.0. The minimum absolute atomic E-state index is 0.343. The van der Waals surface area contributed by atoms with Crippen LogP contribution in [0.4, 0.5) is 0 Å². The van der Waals surface area contributed by atoms with Crippen molar-refractivity contribution in [2.24, 2.45) is 12.8 Å². The van der Waals surface area contributed by atoms with E-state index < -0.39 is 11.9 Å². The zero-order valence-electron chi connectivity index (χ0n) is 11.1. The molecule has 0 saturated heterocycles. The molecule has 20 heavy (non-hydrogen) atoms. The molecule has 0 fully saturated rings. The number of amides is 1. The molecule has 0 aliphatic carbocycles. The minimum Gasteiger partial charge on any atom is -0.370 e. The highest BCUT2D eigenvalue weighted by Gasteiger charge is 2.20. The van der Waals surface area contributed by atoms with Crippen molar-refractivity contribution >= 4 is 23.5 Å².